The number of nitrogens with zero attached hydrogens (tertiary/aromatic N) is 4. The average Bonchev–Trinajstić information content (AvgIpc) is 3.66. The smallest absolute Gasteiger partial charge is 0.338 e. The molecule has 1 amide bonds. The van der Waals surface area contributed by atoms with Crippen molar-refractivity contribution >= 4 is 33.0 Å². The number of benzene rings is 1. The summed E-state index contributed by atoms with van der Waals surface area (Å²) in [6.07, 6.45) is 2.08. The summed E-state index contributed by atoms with van der Waals surface area (Å²) in [5, 5.41) is 4.59. The number of aromatic nitrogens is 2. The molecule has 184 valence electrons. The summed E-state index contributed by atoms with van der Waals surface area (Å²) in [5.41, 5.74) is 2.60. The predicted octanol–water partition coefficient (Wildman–Crippen LogP) is 2.73. The number of carbonyl (C=O) groups excluding carboxylic acids is 2. The van der Waals surface area contributed by atoms with Crippen molar-refractivity contribution in [3.8, 4) is 0 Å². The van der Waals surface area contributed by atoms with Gasteiger partial charge in [-0.1, -0.05) is 5.16 Å². The van der Waals surface area contributed by atoms with Crippen LogP contribution < -0.4 is 0 Å². The van der Waals surface area contributed by atoms with Crippen LogP contribution in [0.4, 0.5) is 0 Å². The van der Waals surface area contributed by atoms with Crippen LogP contribution in [0.5, 0.6) is 0 Å². The van der Waals surface area contributed by atoms with Gasteiger partial charge < -0.3 is 14.2 Å². The van der Waals surface area contributed by atoms with Gasteiger partial charge in [0, 0.05) is 37.8 Å². The molecule has 0 N–H and O–H groups in total. The summed E-state index contributed by atoms with van der Waals surface area (Å²) in [6, 6.07) is 7.53. The molecule has 0 radical (unpaired) electrons. The Morgan fingerprint density at radius 1 is 1.11 bits per heavy atom. The number of fused-ring (bicyclic) bond motifs is 1. The third-order valence-corrected chi connectivity index (χ3v) is 8.30. The van der Waals surface area contributed by atoms with Crippen molar-refractivity contribution in [2.75, 3.05) is 32.8 Å². The van der Waals surface area contributed by atoms with Gasteiger partial charge in [-0.15, -0.1) is 0 Å². The Morgan fingerprint density at radius 2 is 1.80 bits per heavy atom. The van der Waals surface area contributed by atoms with Crippen molar-refractivity contribution in [3.63, 3.8) is 0 Å². The molecule has 1 aliphatic heterocycles. The fourth-order valence-corrected chi connectivity index (χ4v) is 5.72. The van der Waals surface area contributed by atoms with Crippen molar-refractivity contribution in [1.29, 1.82) is 0 Å². The second kappa shape index (κ2) is 9.04. The predicted molar refractivity (Wildman–Crippen MR) is 126 cm³/mol. The topological polar surface area (TPSA) is 123 Å². The molecule has 1 saturated carbocycles. The second-order valence-electron chi connectivity index (χ2n) is 8.76. The summed E-state index contributed by atoms with van der Waals surface area (Å²) in [5.74, 6) is -0.336. The molecule has 5 rings (SSSR count). The molecule has 0 spiro atoms. The SMILES string of the molecule is CCOC(=O)c1ccc(S(=O)(=O)N2CCN(C(=O)c3cc(C4CC4)nc4onc(C)c34)CC2)cc1. The largest absolute Gasteiger partial charge is 0.462 e. The highest BCUT2D eigenvalue weighted by molar-refractivity contribution is 7.89. The number of hydrogen-bond donors (Lipinski definition) is 0. The first-order valence-corrected chi connectivity index (χ1v) is 13.1. The highest BCUT2D eigenvalue weighted by Crippen LogP contribution is 2.40. The number of pyridine rings is 1. The zero-order valence-corrected chi connectivity index (χ0v) is 20.4. The lowest BCUT2D eigenvalue weighted by Crippen LogP contribution is -2.50. The first kappa shape index (κ1) is 23.4. The van der Waals surface area contributed by atoms with Gasteiger partial charge in [-0.3, -0.25) is 4.79 Å². The minimum Gasteiger partial charge on any atom is -0.462 e. The number of amides is 1. The number of esters is 1. The third-order valence-electron chi connectivity index (χ3n) is 6.39. The molecule has 0 bridgehead atoms. The Hall–Kier alpha value is -3.31. The van der Waals surface area contributed by atoms with E-state index in [1.54, 1.807) is 18.7 Å². The van der Waals surface area contributed by atoms with E-state index in [0.29, 0.717) is 33.8 Å². The highest BCUT2D eigenvalue weighted by atomic mass is 32.2. The zero-order valence-electron chi connectivity index (χ0n) is 19.6. The van der Waals surface area contributed by atoms with E-state index in [4.69, 9.17) is 9.26 Å². The molecule has 3 heterocycles. The van der Waals surface area contributed by atoms with Crippen LogP contribution in [0.3, 0.4) is 0 Å². The molecule has 3 aromatic rings. The Bertz CT molecular complexity index is 1390. The van der Waals surface area contributed by atoms with Crippen LogP contribution in [-0.2, 0) is 14.8 Å². The quantitative estimate of drug-likeness (QED) is 0.476. The van der Waals surface area contributed by atoms with Gasteiger partial charge in [-0.05, 0) is 57.0 Å². The first-order valence-electron chi connectivity index (χ1n) is 11.6. The maximum absolute atomic E-state index is 13.5. The van der Waals surface area contributed by atoms with Crippen LogP contribution in [0, 0.1) is 6.92 Å². The normalized spacial score (nSPS) is 17.0. The molecule has 1 aromatic carbocycles. The summed E-state index contributed by atoms with van der Waals surface area (Å²) in [4.78, 5) is 31.6. The molecule has 0 atom stereocenters. The van der Waals surface area contributed by atoms with Crippen LogP contribution in [0.1, 0.15) is 57.8 Å². The Kier molecular flexibility index (Phi) is 6.06. The van der Waals surface area contributed by atoms with Crippen LogP contribution in [0.2, 0.25) is 0 Å². The maximum atomic E-state index is 13.5. The van der Waals surface area contributed by atoms with Gasteiger partial charge in [-0.2, -0.15) is 4.31 Å². The van der Waals surface area contributed by atoms with E-state index in [9.17, 15) is 18.0 Å². The van der Waals surface area contributed by atoms with Crippen molar-refractivity contribution in [2.45, 2.75) is 37.5 Å². The molecule has 1 aliphatic carbocycles. The summed E-state index contributed by atoms with van der Waals surface area (Å²) in [7, 11) is -3.76. The van der Waals surface area contributed by atoms with E-state index < -0.39 is 16.0 Å². The molecule has 2 aromatic heterocycles. The Balaban J connectivity index is 1.31. The number of ether oxygens (including phenoxy) is 1. The van der Waals surface area contributed by atoms with Gasteiger partial charge in [0.1, 0.15) is 0 Å². The monoisotopic (exact) mass is 498 g/mol. The number of aryl methyl sites for hydroxylation is 1. The lowest BCUT2D eigenvalue weighted by Gasteiger charge is -2.34. The van der Waals surface area contributed by atoms with Gasteiger partial charge >= 0.3 is 5.97 Å². The molecule has 35 heavy (non-hydrogen) atoms. The molecule has 11 heteroatoms. The Labute approximate surface area is 202 Å². The van der Waals surface area contributed by atoms with Gasteiger partial charge in [0.15, 0.2) is 0 Å². The Morgan fingerprint density at radius 3 is 2.43 bits per heavy atom. The van der Waals surface area contributed by atoms with Crippen molar-refractivity contribution in [2.24, 2.45) is 0 Å². The van der Waals surface area contributed by atoms with E-state index in [2.05, 4.69) is 10.1 Å². The fourth-order valence-electron chi connectivity index (χ4n) is 4.30. The highest BCUT2D eigenvalue weighted by Gasteiger charge is 2.33. The molecule has 2 aliphatic rings. The molecule has 2 fully saturated rings. The van der Waals surface area contributed by atoms with Crippen LogP contribution >= 0.6 is 0 Å². The third kappa shape index (κ3) is 4.41. The van der Waals surface area contributed by atoms with Crippen molar-refractivity contribution in [1.82, 2.24) is 19.3 Å². The second-order valence-corrected chi connectivity index (χ2v) is 10.7. The maximum Gasteiger partial charge on any atom is 0.338 e. The van der Waals surface area contributed by atoms with Crippen LogP contribution in [-0.4, -0.2) is 72.4 Å². The lowest BCUT2D eigenvalue weighted by molar-refractivity contribution is 0.0526. The van der Waals surface area contributed by atoms with Gasteiger partial charge in [0.05, 0.1) is 33.7 Å². The summed E-state index contributed by atoms with van der Waals surface area (Å²) in [6.45, 7) is 4.57. The zero-order chi connectivity index (χ0) is 24.7. The lowest BCUT2D eigenvalue weighted by atomic mass is 10.1. The number of carbonyl (C=O) groups is 2. The average molecular weight is 499 g/mol. The van der Waals surface area contributed by atoms with E-state index >= 15 is 0 Å². The first-order chi connectivity index (χ1) is 16.8. The minimum absolute atomic E-state index is 0.0929. The van der Waals surface area contributed by atoms with Crippen molar-refractivity contribution < 1.29 is 27.3 Å². The molecular weight excluding hydrogens is 472 g/mol. The number of hydrogen-bond acceptors (Lipinski definition) is 8. The number of rotatable bonds is 6. The standard InChI is InChI=1S/C24H26N4O6S/c1-3-33-24(30)17-6-8-18(9-7-17)35(31,32)28-12-10-27(11-13-28)23(29)19-14-20(16-4-5-16)25-22-21(19)15(2)26-34-22/h6-9,14,16H,3-5,10-13H2,1-2H3. The summed E-state index contributed by atoms with van der Waals surface area (Å²) >= 11 is 0. The van der Waals surface area contributed by atoms with Crippen molar-refractivity contribution in [3.05, 3.63) is 52.8 Å². The van der Waals surface area contributed by atoms with Crippen LogP contribution in [0.15, 0.2) is 39.8 Å². The van der Waals surface area contributed by atoms with Crippen LogP contribution in [0.25, 0.3) is 11.1 Å². The van der Waals surface area contributed by atoms with Gasteiger partial charge in [-0.25, -0.2) is 18.2 Å². The van der Waals surface area contributed by atoms with E-state index in [1.165, 1.54) is 28.6 Å². The summed E-state index contributed by atoms with van der Waals surface area (Å²) < 4.78 is 37.9. The minimum atomic E-state index is -3.76. The molecule has 1 saturated heterocycles. The molecule has 10 nitrogen and oxygen atoms in total. The molecule has 0 unspecified atom stereocenters. The fraction of sp³-hybridized carbons (Fsp3) is 0.417. The number of piperazine rings is 1. The van der Waals surface area contributed by atoms with E-state index in [-0.39, 0.29) is 43.6 Å². The van der Waals surface area contributed by atoms with E-state index in [0.717, 1.165) is 18.5 Å². The van der Waals surface area contributed by atoms with E-state index in [1.807, 2.05) is 6.07 Å². The van der Waals surface area contributed by atoms with Gasteiger partial charge in [0.25, 0.3) is 11.6 Å². The molecular formula is C24H26N4O6S. The number of sulfonamides is 1. The van der Waals surface area contributed by atoms with Gasteiger partial charge in [0.2, 0.25) is 10.0 Å².